The fraction of sp³-hybridized carbons (Fsp3) is 0.312. The van der Waals surface area contributed by atoms with E-state index in [1.54, 1.807) is 6.20 Å². The molecule has 1 aromatic carbocycles. The lowest BCUT2D eigenvalue weighted by Gasteiger charge is -2.18. The zero-order chi connectivity index (χ0) is 14.4. The van der Waals surface area contributed by atoms with Crippen molar-refractivity contribution >= 4 is 5.82 Å². The Labute approximate surface area is 120 Å². The molecule has 0 aliphatic carbocycles. The Kier molecular flexibility index (Phi) is 4.96. The largest absolute Gasteiger partial charge is 0.494 e. The summed E-state index contributed by atoms with van der Waals surface area (Å²) in [6, 6.07) is 12.0. The molecule has 0 spiro atoms. The first kappa shape index (κ1) is 14.3. The molecule has 0 fully saturated rings. The molecule has 1 atom stereocenters. The van der Waals surface area contributed by atoms with Crippen molar-refractivity contribution in [1.82, 2.24) is 10.3 Å². The van der Waals surface area contributed by atoms with E-state index in [1.807, 2.05) is 44.3 Å². The van der Waals surface area contributed by atoms with Gasteiger partial charge in [-0.2, -0.15) is 0 Å². The van der Waals surface area contributed by atoms with E-state index in [1.165, 1.54) is 0 Å². The molecule has 0 saturated heterocycles. The minimum atomic E-state index is 0.145. The van der Waals surface area contributed by atoms with Crippen LogP contribution in [-0.2, 0) is 0 Å². The summed E-state index contributed by atoms with van der Waals surface area (Å²) in [4.78, 5) is 4.21. The lowest BCUT2D eigenvalue weighted by Crippen LogP contribution is -2.21. The number of aromatic nitrogens is 1. The normalized spacial score (nSPS) is 12.1. The number of para-hydroxylation sites is 1. The molecule has 4 nitrogen and oxygen atoms in total. The van der Waals surface area contributed by atoms with E-state index in [4.69, 9.17) is 10.5 Å². The van der Waals surface area contributed by atoms with Gasteiger partial charge in [-0.1, -0.05) is 18.2 Å². The van der Waals surface area contributed by atoms with Crippen molar-refractivity contribution in [1.29, 1.82) is 0 Å². The molecule has 1 aromatic heterocycles. The molecule has 0 aliphatic rings. The quantitative estimate of drug-likeness (QED) is 0.848. The summed E-state index contributed by atoms with van der Waals surface area (Å²) in [6.45, 7) is 2.64. The van der Waals surface area contributed by atoms with Crippen molar-refractivity contribution in [2.75, 3.05) is 19.4 Å². The number of anilines is 1. The summed E-state index contributed by atoms with van der Waals surface area (Å²) in [5, 5.41) is 3.27. The predicted octanol–water partition coefficient (Wildman–Crippen LogP) is 2.70. The van der Waals surface area contributed by atoms with Gasteiger partial charge in [0, 0.05) is 24.2 Å². The fourth-order valence-corrected chi connectivity index (χ4v) is 2.15. The number of benzene rings is 1. The predicted molar refractivity (Wildman–Crippen MR) is 81.7 cm³/mol. The molecular weight excluding hydrogens is 250 g/mol. The summed E-state index contributed by atoms with van der Waals surface area (Å²) in [6.07, 6.45) is 2.62. The van der Waals surface area contributed by atoms with Crippen molar-refractivity contribution in [3.05, 3.63) is 53.7 Å². The zero-order valence-electron chi connectivity index (χ0n) is 12.0. The molecule has 0 aliphatic heterocycles. The van der Waals surface area contributed by atoms with Gasteiger partial charge in [0.25, 0.3) is 0 Å². The number of pyridine rings is 1. The highest BCUT2D eigenvalue weighted by atomic mass is 16.5. The van der Waals surface area contributed by atoms with Gasteiger partial charge in [-0.15, -0.1) is 0 Å². The molecule has 0 radical (unpaired) electrons. The molecule has 0 bridgehead atoms. The minimum Gasteiger partial charge on any atom is -0.494 e. The van der Waals surface area contributed by atoms with Crippen molar-refractivity contribution in [3.63, 3.8) is 0 Å². The van der Waals surface area contributed by atoms with E-state index in [-0.39, 0.29) is 6.04 Å². The molecular formula is C16H21N3O. The van der Waals surface area contributed by atoms with Gasteiger partial charge in [0.1, 0.15) is 11.6 Å². The van der Waals surface area contributed by atoms with Crippen LogP contribution in [0.1, 0.15) is 23.6 Å². The van der Waals surface area contributed by atoms with Crippen molar-refractivity contribution in [2.24, 2.45) is 0 Å². The van der Waals surface area contributed by atoms with E-state index < -0.39 is 0 Å². The Morgan fingerprint density at radius 3 is 2.75 bits per heavy atom. The monoisotopic (exact) mass is 271 g/mol. The van der Waals surface area contributed by atoms with Gasteiger partial charge in [-0.3, -0.25) is 0 Å². The molecule has 0 saturated carbocycles. The first-order valence-corrected chi connectivity index (χ1v) is 6.78. The second-order valence-corrected chi connectivity index (χ2v) is 4.78. The number of nitrogens with one attached hydrogen (secondary N) is 1. The van der Waals surface area contributed by atoms with Crippen LogP contribution >= 0.6 is 0 Å². The summed E-state index contributed by atoms with van der Waals surface area (Å²) in [7, 11) is 1.93. The number of nitrogen functional groups attached to an aromatic ring is 1. The van der Waals surface area contributed by atoms with E-state index in [0.29, 0.717) is 12.4 Å². The van der Waals surface area contributed by atoms with Gasteiger partial charge in [0.2, 0.25) is 0 Å². The molecule has 3 N–H and O–H groups in total. The van der Waals surface area contributed by atoms with E-state index in [2.05, 4.69) is 16.4 Å². The third kappa shape index (κ3) is 3.71. The maximum absolute atomic E-state index is 5.96. The highest BCUT2D eigenvalue weighted by molar-refractivity contribution is 5.42. The van der Waals surface area contributed by atoms with Crippen molar-refractivity contribution < 1.29 is 4.74 Å². The Morgan fingerprint density at radius 1 is 1.30 bits per heavy atom. The molecule has 106 valence electrons. The molecule has 1 heterocycles. The topological polar surface area (TPSA) is 60.2 Å². The number of hydrogen-bond donors (Lipinski definition) is 2. The Balaban J connectivity index is 1.97. The van der Waals surface area contributed by atoms with Gasteiger partial charge in [-0.05, 0) is 37.7 Å². The maximum Gasteiger partial charge on any atom is 0.128 e. The van der Waals surface area contributed by atoms with Crippen LogP contribution < -0.4 is 15.8 Å². The van der Waals surface area contributed by atoms with Gasteiger partial charge < -0.3 is 15.8 Å². The third-order valence-electron chi connectivity index (χ3n) is 3.23. The number of nitrogens with zero attached hydrogens (tertiary/aromatic N) is 1. The second-order valence-electron chi connectivity index (χ2n) is 4.78. The lowest BCUT2D eigenvalue weighted by molar-refractivity contribution is 0.290. The molecule has 4 heteroatoms. The molecule has 2 aromatic rings. The SMILES string of the molecule is CNC(CCOc1ccccc1)c1cc(C)cnc1N. The summed E-state index contributed by atoms with van der Waals surface area (Å²) < 4.78 is 5.73. The van der Waals surface area contributed by atoms with Crippen molar-refractivity contribution in [2.45, 2.75) is 19.4 Å². The van der Waals surface area contributed by atoms with Crippen LogP contribution in [0.5, 0.6) is 5.75 Å². The van der Waals surface area contributed by atoms with Crippen LogP contribution in [0.2, 0.25) is 0 Å². The molecule has 1 unspecified atom stereocenters. The zero-order valence-corrected chi connectivity index (χ0v) is 12.0. The van der Waals surface area contributed by atoms with Gasteiger partial charge >= 0.3 is 0 Å². The molecule has 2 rings (SSSR count). The average molecular weight is 271 g/mol. The van der Waals surface area contributed by atoms with Crippen LogP contribution in [0, 0.1) is 6.92 Å². The van der Waals surface area contributed by atoms with Crippen molar-refractivity contribution in [3.8, 4) is 5.75 Å². The Morgan fingerprint density at radius 2 is 2.05 bits per heavy atom. The van der Waals surface area contributed by atoms with E-state index in [9.17, 15) is 0 Å². The first-order chi connectivity index (χ1) is 9.70. The maximum atomic E-state index is 5.96. The number of hydrogen-bond acceptors (Lipinski definition) is 4. The third-order valence-corrected chi connectivity index (χ3v) is 3.23. The van der Waals surface area contributed by atoms with Crippen LogP contribution in [-0.4, -0.2) is 18.6 Å². The number of nitrogens with two attached hydrogens (primary N) is 1. The Hall–Kier alpha value is -2.07. The standard InChI is InChI=1S/C16H21N3O/c1-12-10-14(16(17)19-11-12)15(18-2)8-9-20-13-6-4-3-5-7-13/h3-7,10-11,15,18H,8-9H2,1-2H3,(H2,17,19). The molecule has 20 heavy (non-hydrogen) atoms. The Bertz CT molecular complexity index is 543. The lowest BCUT2D eigenvalue weighted by atomic mass is 10.0. The fourth-order valence-electron chi connectivity index (χ4n) is 2.15. The second kappa shape index (κ2) is 6.91. The van der Waals surface area contributed by atoms with E-state index >= 15 is 0 Å². The van der Waals surface area contributed by atoms with Gasteiger partial charge in [0.15, 0.2) is 0 Å². The van der Waals surface area contributed by atoms with Gasteiger partial charge in [0.05, 0.1) is 6.61 Å². The number of rotatable bonds is 6. The summed E-state index contributed by atoms with van der Waals surface area (Å²) in [5.41, 5.74) is 8.10. The highest BCUT2D eigenvalue weighted by Crippen LogP contribution is 2.22. The first-order valence-electron chi connectivity index (χ1n) is 6.78. The van der Waals surface area contributed by atoms with Crippen LogP contribution in [0.3, 0.4) is 0 Å². The summed E-state index contributed by atoms with van der Waals surface area (Å²) in [5.74, 6) is 1.47. The van der Waals surface area contributed by atoms with Crippen LogP contribution in [0.25, 0.3) is 0 Å². The minimum absolute atomic E-state index is 0.145. The average Bonchev–Trinajstić information content (AvgIpc) is 2.48. The van der Waals surface area contributed by atoms with E-state index in [0.717, 1.165) is 23.3 Å². The highest BCUT2D eigenvalue weighted by Gasteiger charge is 2.13. The summed E-state index contributed by atoms with van der Waals surface area (Å²) >= 11 is 0. The molecule has 0 amide bonds. The smallest absolute Gasteiger partial charge is 0.128 e. The van der Waals surface area contributed by atoms with Crippen LogP contribution in [0.4, 0.5) is 5.82 Å². The number of aryl methyl sites for hydroxylation is 1. The van der Waals surface area contributed by atoms with Crippen LogP contribution in [0.15, 0.2) is 42.6 Å². The van der Waals surface area contributed by atoms with Gasteiger partial charge in [-0.25, -0.2) is 4.98 Å². The number of ether oxygens (including phenoxy) is 1.